The minimum Gasteiger partial charge on any atom is -0.273 e. The first-order valence-corrected chi connectivity index (χ1v) is 4.79. The monoisotopic (exact) mass is 175 g/mol. The quantitative estimate of drug-likeness (QED) is 0.476. The zero-order chi connectivity index (χ0) is 8.48. The maximum absolute atomic E-state index is 11.1. The Hall–Kier alpha value is -0.840. The Bertz CT molecular complexity index is 291. The zero-order valence-corrected chi connectivity index (χ0v) is 6.97. The zero-order valence-electron chi connectivity index (χ0n) is 6.15. The third-order valence-corrected chi connectivity index (χ3v) is 3.19. The van der Waals surface area contributed by atoms with E-state index < -0.39 is 10.0 Å². The van der Waals surface area contributed by atoms with Crippen molar-refractivity contribution in [3.63, 3.8) is 0 Å². The minimum absolute atomic E-state index is 0.0742. The summed E-state index contributed by atoms with van der Waals surface area (Å²) in [5, 5.41) is 0. The van der Waals surface area contributed by atoms with Crippen LogP contribution in [0.1, 0.15) is 6.42 Å². The van der Waals surface area contributed by atoms with Crippen molar-refractivity contribution in [3.8, 4) is 0 Å². The topological polar surface area (TPSA) is 54.5 Å². The fourth-order valence-electron chi connectivity index (χ4n) is 0.769. The van der Waals surface area contributed by atoms with E-state index in [1.165, 1.54) is 13.1 Å². The molecule has 0 saturated heterocycles. The first-order valence-electron chi connectivity index (χ1n) is 3.18. The van der Waals surface area contributed by atoms with Crippen molar-refractivity contribution in [1.29, 1.82) is 0 Å². The molecule has 0 aliphatic carbocycles. The average Bonchev–Trinajstić information content (AvgIpc) is 2.03. The fourth-order valence-corrected chi connectivity index (χ4v) is 1.76. The second-order valence-corrected chi connectivity index (χ2v) is 4.36. The molecule has 5 heteroatoms. The first-order chi connectivity index (χ1) is 5.04. The van der Waals surface area contributed by atoms with Crippen LogP contribution in [0.15, 0.2) is 12.2 Å². The van der Waals surface area contributed by atoms with Gasteiger partial charge in [-0.15, -0.1) is 0 Å². The van der Waals surface area contributed by atoms with Crippen LogP contribution in [-0.2, 0) is 14.8 Å². The summed E-state index contributed by atoms with van der Waals surface area (Å²) in [7, 11) is -2.07. The van der Waals surface area contributed by atoms with Gasteiger partial charge in [-0.05, 0) is 0 Å². The summed E-state index contributed by atoms with van der Waals surface area (Å²) in [4.78, 5) is 10.9. The SMILES string of the molecule is CN1C(=O)CC=CCS1(=O)=O. The lowest BCUT2D eigenvalue weighted by Gasteiger charge is -2.12. The summed E-state index contributed by atoms with van der Waals surface area (Å²) in [6.07, 6.45) is 3.25. The van der Waals surface area contributed by atoms with Gasteiger partial charge in [0, 0.05) is 13.5 Å². The lowest BCUT2D eigenvalue weighted by atomic mass is 10.4. The number of hydrogen-bond donors (Lipinski definition) is 0. The Labute approximate surface area is 65.6 Å². The van der Waals surface area contributed by atoms with Crippen molar-refractivity contribution in [3.05, 3.63) is 12.2 Å². The fraction of sp³-hybridized carbons (Fsp3) is 0.500. The molecule has 0 radical (unpaired) electrons. The molecule has 0 spiro atoms. The van der Waals surface area contributed by atoms with E-state index in [0.717, 1.165) is 4.31 Å². The van der Waals surface area contributed by atoms with Crippen LogP contribution in [0.3, 0.4) is 0 Å². The smallest absolute Gasteiger partial charge is 0.240 e. The number of amides is 1. The number of carbonyl (C=O) groups is 1. The lowest BCUT2D eigenvalue weighted by molar-refractivity contribution is -0.124. The molecular weight excluding hydrogens is 166 g/mol. The Morgan fingerprint density at radius 2 is 2.09 bits per heavy atom. The van der Waals surface area contributed by atoms with Gasteiger partial charge >= 0.3 is 0 Å². The Balaban J connectivity index is 3.01. The molecule has 1 aliphatic heterocycles. The summed E-state index contributed by atoms with van der Waals surface area (Å²) in [6.45, 7) is 0. The highest BCUT2D eigenvalue weighted by Gasteiger charge is 2.22. The molecule has 0 aromatic carbocycles. The highest BCUT2D eigenvalue weighted by Crippen LogP contribution is 2.06. The molecule has 0 aromatic rings. The molecule has 0 aromatic heterocycles. The van der Waals surface area contributed by atoms with Crippen LogP contribution in [0.5, 0.6) is 0 Å². The molecule has 1 rings (SSSR count). The summed E-state index contributed by atoms with van der Waals surface area (Å²) in [6, 6.07) is 0. The predicted octanol–water partition coefficient (Wildman–Crippen LogP) is -0.266. The van der Waals surface area contributed by atoms with Crippen molar-refractivity contribution < 1.29 is 13.2 Å². The molecule has 11 heavy (non-hydrogen) atoms. The average molecular weight is 175 g/mol. The molecule has 0 atom stereocenters. The standard InChI is InChI=1S/C6H9NO3S/c1-7-6(8)4-2-3-5-11(7,9)10/h2-3H,4-5H2,1H3. The van der Waals surface area contributed by atoms with Crippen molar-refractivity contribution in [1.82, 2.24) is 4.31 Å². The van der Waals surface area contributed by atoms with Crippen LogP contribution in [0.4, 0.5) is 0 Å². The van der Waals surface area contributed by atoms with Gasteiger partial charge in [-0.3, -0.25) is 4.79 Å². The van der Waals surface area contributed by atoms with Crippen LogP contribution < -0.4 is 0 Å². The van der Waals surface area contributed by atoms with E-state index in [1.54, 1.807) is 6.08 Å². The molecule has 62 valence electrons. The van der Waals surface area contributed by atoms with Gasteiger partial charge in [0.05, 0.1) is 5.75 Å². The number of rotatable bonds is 0. The molecule has 0 fully saturated rings. The van der Waals surface area contributed by atoms with Crippen LogP contribution in [0.25, 0.3) is 0 Å². The van der Waals surface area contributed by atoms with E-state index in [9.17, 15) is 13.2 Å². The van der Waals surface area contributed by atoms with Gasteiger partial charge in [-0.1, -0.05) is 12.2 Å². The minimum atomic E-state index is -3.35. The van der Waals surface area contributed by atoms with Crippen molar-refractivity contribution in [2.45, 2.75) is 6.42 Å². The van der Waals surface area contributed by atoms with Gasteiger partial charge < -0.3 is 0 Å². The van der Waals surface area contributed by atoms with Gasteiger partial charge in [0.2, 0.25) is 15.9 Å². The molecule has 0 saturated carbocycles. The van der Waals surface area contributed by atoms with Gasteiger partial charge in [0.25, 0.3) is 0 Å². The third-order valence-electron chi connectivity index (χ3n) is 1.53. The van der Waals surface area contributed by atoms with Crippen LogP contribution in [-0.4, -0.2) is 31.4 Å². The third kappa shape index (κ3) is 1.59. The van der Waals surface area contributed by atoms with E-state index in [-0.39, 0.29) is 18.1 Å². The summed E-state index contributed by atoms with van der Waals surface area (Å²) >= 11 is 0. The lowest BCUT2D eigenvalue weighted by Crippen LogP contribution is -2.32. The second kappa shape index (κ2) is 2.65. The van der Waals surface area contributed by atoms with Crippen molar-refractivity contribution in [2.24, 2.45) is 0 Å². The molecule has 4 nitrogen and oxygen atoms in total. The number of sulfonamides is 1. The Kier molecular flexibility index (Phi) is 1.99. The van der Waals surface area contributed by atoms with Crippen LogP contribution in [0.2, 0.25) is 0 Å². The summed E-state index contributed by atoms with van der Waals surface area (Å²) < 4.78 is 22.9. The Morgan fingerprint density at radius 3 is 2.73 bits per heavy atom. The van der Waals surface area contributed by atoms with E-state index in [2.05, 4.69) is 0 Å². The van der Waals surface area contributed by atoms with E-state index in [0.29, 0.717) is 0 Å². The molecule has 0 unspecified atom stereocenters. The maximum Gasteiger partial charge on any atom is 0.240 e. The highest BCUT2D eigenvalue weighted by molar-refractivity contribution is 7.89. The van der Waals surface area contributed by atoms with Gasteiger partial charge in [-0.25, -0.2) is 12.7 Å². The van der Waals surface area contributed by atoms with E-state index >= 15 is 0 Å². The normalized spacial score (nSPS) is 23.4. The van der Waals surface area contributed by atoms with Crippen LogP contribution >= 0.6 is 0 Å². The molecular formula is C6H9NO3S. The van der Waals surface area contributed by atoms with Crippen LogP contribution in [0, 0.1) is 0 Å². The number of nitrogens with zero attached hydrogens (tertiary/aromatic N) is 1. The number of hydrogen-bond acceptors (Lipinski definition) is 3. The maximum atomic E-state index is 11.1. The van der Waals surface area contributed by atoms with Gasteiger partial charge in [0.15, 0.2) is 0 Å². The van der Waals surface area contributed by atoms with E-state index in [4.69, 9.17) is 0 Å². The molecule has 0 N–H and O–H groups in total. The Morgan fingerprint density at radius 1 is 1.45 bits per heavy atom. The van der Waals surface area contributed by atoms with Crippen molar-refractivity contribution >= 4 is 15.9 Å². The van der Waals surface area contributed by atoms with Crippen molar-refractivity contribution in [2.75, 3.05) is 12.8 Å². The number of carbonyl (C=O) groups excluding carboxylic acids is 1. The van der Waals surface area contributed by atoms with E-state index in [1.807, 2.05) is 0 Å². The summed E-state index contributed by atoms with van der Waals surface area (Å²) in [5.41, 5.74) is 0. The molecule has 1 amide bonds. The molecule has 1 aliphatic rings. The molecule has 0 bridgehead atoms. The molecule has 1 heterocycles. The van der Waals surface area contributed by atoms with Gasteiger partial charge in [0.1, 0.15) is 0 Å². The predicted molar refractivity (Wildman–Crippen MR) is 40.3 cm³/mol. The summed E-state index contributed by atoms with van der Waals surface area (Å²) in [5.74, 6) is -0.450. The van der Waals surface area contributed by atoms with Gasteiger partial charge in [-0.2, -0.15) is 0 Å². The highest BCUT2D eigenvalue weighted by atomic mass is 32.2. The second-order valence-electron chi connectivity index (χ2n) is 2.32. The largest absolute Gasteiger partial charge is 0.273 e. The first kappa shape index (κ1) is 8.26.